The van der Waals surface area contributed by atoms with E-state index in [0.29, 0.717) is 42.8 Å². The third-order valence-corrected chi connectivity index (χ3v) is 6.93. The van der Waals surface area contributed by atoms with E-state index in [1.54, 1.807) is 48.5 Å². The van der Waals surface area contributed by atoms with E-state index < -0.39 is 0 Å². The average Bonchev–Trinajstić information content (AvgIpc) is 3.12. The summed E-state index contributed by atoms with van der Waals surface area (Å²) in [6.07, 6.45) is 0. The summed E-state index contributed by atoms with van der Waals surface area (Å²) in [7, 11) is 0. The highest BCUT2D eigenvalue weighted by molar-refractivity contribution is 5.73. The van der Waals surface area contributed by atoms with Gasteiger partial charge in [0, 0.05) is 13.8 Å². The second-order valence-corrected chi connectivity index (χ2v) is 11.7. The lowest BCUT2D eigenvalue weighted by Crippen LogP contribution is -2.35. The van der Waals surface area contributed by atoms with Gasteiger partial charge in [-0.25, -0.2) is 0 Å². The zero-order valence-electron chi connectivity index (χ0n) is 29.2. The van der Waals surface area contributed by atoms with Crippen LogP contribution in [0.25, 0.3) is 0 Å². The van der Waals surface area contributed by atoms with Crippen molar-refractivity contribution >= 4 is 11.8 Å². The fraction of sp³-hybridized carbons (Fsp3) is 0.220. The highest BCUT2D eigenvalue weighted by atomic mass is 16.5. The number of aromatic hydroxyl groups is 1. The zero-order chi connectivity index (χ0) is 36.4. The van der Waals surface area contributed by atoms with E-state index in [1.165, 1.54) is 13.8 Å². The van der Waals surface area contributed by atoms with Crippen LogP contribution in [0, 0.1) is 0 Å². The molecule has 0 radical (unpaired) electrons. The molecule has 2 amide bonds. The highest BCUT2D eigenvalue weighted by Crippen LogP contribution is 2.27. The number of nitrogens with one attached hydrogen (secondary N) is 2. The minimum Gasteiger partial charge on any atom is -0.508 e. The molecule has 0 fully saturated rings. The lowest BCUT2D eigenvalue weighted by Gasteiger charge is -2.14. The summed E-state index contributed by atoms with van der Waals surface area (Å²) >= 11 is 0. The topological polar surface area (TPSA) is 125 Å². The Kier molecular flexibility index (Phi) is 14.6. The van der Waals surface area contributed by atoms with Gasteiger partial charge in [-0.15, -0.1) is 0 Å². The lowest BCUT2D eigenvalue weighted by molar-refractivity contribution is -0.120. The van der Waals surface area contributed by atoms with Crippen molar-refractivity contribution in [3.8, 4) is 46.0 Å². The maximum Gasteiger partial charge on any atom is 0.217 e. The molecule has 0 aliphatic rings. The van der Waals surface area contributed by atoms with Gasteiger partial charge in [-0.2, -0.15) is 0 Å². The second kappa shape index (κ2) is 19.7. The Hall–Kier alpha value is -6.16. The van der Waals surface area contributed by atoms with E-state index in [9.17, 15) is 14.7 Å². The summed E-state index contributed by atoms with van der Waals surface area (Å²) in [5.41, 5.74) is 1.13. The first-order chi connectivity index (χ1) is 24.6. The maximum absolute atomic E-state index is 11.0. The zero-order valence-corrected chi connectivity index (χ0v) is 29.2. The van der Waals surface area contributed by atoms with Crippen LogP contribution in [0.5, 0.6) is 46.0 Å². The Bertz CT molecular complexity index is 1760. The molecular weight excluding hydrogens is 648 g/mol. The second-order valence-electron chi connectivity index (χ2n) is 11.7. The smallest absolute Gasteiger partial charge is 0.217 e. The van der Waals surface area contributed by atoms with Crippen molar-refractivity contribution in [1.29, 1.82) is 0 Å². The van der Waals surface area contributed by atoms with Crippen LogP contribution in [-0.2, 0) is 16.2 Å². The monoisotopic (exact) mass is 692 g/mol. The van der Waals surface area contributed by atoms with E-state index in [1.807, 2.05) is 92.7 Å². The summed E-state index contributed by atoms with van der Waals surface area (Å²) in [6.45, 7) is 8.08. The van der Waals surface area contributed by atoms with Gasteiger partial charge in [0.15, 0.2) is 0 Å². The predicted octanol–water partition coefficient (Wildman–Crippen LogP) is 8.05. The van der Waals surface area contributed by atoms with E-state index in [0.717, 1.165) is 22.8 Å². The van der Waals surface area contributed by atoms with Gasteiger partial charge in [0.2, 0.25) is 11.8 Å². The lowest BCUT2D eigenvalue weighted by atomic mass is 10.2. The molecule has 2 atom stereocenters. The molecule has 3 N–H and O–H groups in total. The molecule has 51 heavy (non-hydrogen) atoms. The first kappa shape index (κ1) is 37.7. The number of ether oxygens (including phenoxy) is 5. The molecule has 0 aliphatic carbocycles. The van der Waals surface area contributed by atoms with Crippen LogP contribution < -0.4 is 34.3 Å². The highest BCUT2D eigenvalue weighted by Gasteiger charge is 2.07. The van der Waals surface area contributed by atoms with Crippen LogP contribution in [0.4, 0.5) is 0 Å². The van der Waals surface area contributed by atoms with Gasteiger partial charge in [0.1, 0.15) is 65.8 Å². The number of hydrogen-bond donors (Lipinski definition) is 3. The van der Waals surface area contributed by atoms with Crippen LogP contribution in [0.1, 0.15) is 33.3 Å². The largest absolute Gasteiger partial charge is 0.508 e. The third kappa shape index (κ3) is 14.5. The molecule has 0 saturated carbocycles. The van der Waals surface area contributed by atoms with Crippen molar-refractivity contribution in [3.63, 3.8) is 0 Å². The first-order valence-electron chi connectivity index (χ1n) is 16.5. The molecule has 0 bridgehead atoms. The van der Waals surface area contributed by atoms with Gasteiger partial charge >= 0.3 is 0 Å². The molecule has 0 aromatic heterocycles. The van der Waals surface area contributed by atoms with Crippen molar-refractivity contribution < 1.29 is 38.4 Å². The SMILES string of the molecule is CC(=O)N[C@@H](C)COc1ccc(Oc2ccc(O)cc2)cc1.CC(=O)N[C@@H](C)COc1ccc(Oc2ccc(OCc3ccccc3)cc2)cc1. The fourth-order valence-electron chi connectivity index (χ4n) is 4.56. The molecule has 5 aromatic carbocycles. The van der Waals surface area contributed by atoms with E-state index in [4.69, 9.17) is 23.7 Å². The Morgan fingerprint density at radius 2 is 0.843 bits per heavy atom. The van der Waals surface area contributed by atoms with Crippen molar-refractivity contribution in [3.05, 3.63) is 133 Å². The molecule has 5 aromatic rings. The molecule has 0 unspecified atom stereocenters. The number of benzene rings is 5. The van der Waals surface area contributed by atoms with Crippen molar-refractivity contribution in [2.75, 3.05) is 13.2 Å². The van der Waals surface area contributed by atoms with Crippen molar-refractivity contribution in [1.82, 2.24) is 10.6 Å². The van der Waals surface area contributed by atoms with Crippen LogP contribution in [0.3, 0.4) is 0 Å². The number of carbonyl (C=O) groups excluding carboxylic acids is 2. The molecule has 0 spiro atoms. The molecule has 0 heterocycles. The number of phenolic OH excluding ortho intramolecular Hbond substituents is 1. The molecular formula is C41H44N2O8. The van der Waals surface area contributed by atoms with Gasteiger partial charge < -0.3 is 39.4 Å². The molecule has 10 nitrogen and oxygen atoms in total. The molecule has 10 heteroatoms. The number of hydrogen-bond acceptors (Lipinski definition) is 8. The minimum absolute atomic E-state index is 0.0500. The molecule has 266 valence electrons. The standard InChI is InChI=1S/C24H25NO4.C17H19NO4/c1-18(25-19(2)26)16-27-21-8-12-23(13-9-21)29-24-14-10-22(11-15-24)28-17-20-6-4-3-5-7-20;1-12(18-13(2)19)11-21-15-7-9-17(10-8-15)22-16-5-3-14(20)4-6-16/h3-15,18H,16-17H2,1-2H3,(H,25,26);3-10,12,20H,11H2,1-2H3,(H,18,19)/t18-;12-/m00/s1. The molecule has 0 saturated heterocycles. The van der Waals surface area contributed by atoms with E-state index in [2.05, 4.69) is 10.6 Å². The van der Waals surface area contributed by atoms with Crippen LogP contribution >= 0.6 is 0 Å². The van der Waals surface area contributed by atoms with Crippen LogP contribution in [0.15, 0.2) is 127 Å². The Balaban J connectivity index is 0.000000238. The van der Waals surface area contributed by atoms with Gasteiger partial charge in [-0.3, -0.25) is 9.59 Å². The van der Waals surface area contributed by atoms with Gasteiger partial charge in [0.05, 0.1) is 12.1 Å². The molecule has 0 aliphatic heterocycles. The Labute approximate surface area is 298 Å². The summed E-state index contributed by atoms with van der Waals surface area (Å²) < 4.78 is 28.5. The summed E-state index contributed by atoms with van der Waals surface area (Å²) in [5.74, 6) is 5.03. The average molecular weight is 693 g/mol. The van der Waals surface area contributed by atoms with E-state index in [-0.39, 0.29) is 29.6 Å². The number of amides is 2. The Morgan fingerprint density at radius 1 is 0.510 bits per heavy atom. The normalized spacial score (nSPS) is 11.5. The van der Waals surface area contributed by atoms with Gasteiger partial charge in [-0.1, -0.05) is 30.3 Å². The van der Waals surface area contributed by atoms with Gasteiger partial charge in [-0.05, 0) is 116 Å². The quantitative estimate of drug-likeness (QED) is 0.101. The van der Waals surface area contributed by atoms with Crippen molar-refractivity contribution in [2.24, 2.45) is 0 Å². The Morgan fingerprint density at radius 3 is 1.22 bits per heavy atom. The molecule has 5 rings (SSSR count). The maximum atomic E-state index is 11.0. The van der Waals surface area contributed by atoms with Crippen LogP contribution in [0.2, 0.25) is 0 Å². The summed E-state index contributed by atoms with van der Waals surface area (Å²) in [4.78, 5) is 21.9. The van der Waals surface area contributed by atoms with Crippen molar-refractivity contribution in [2.45, 2.75) is 46.4 Å². The number of phenols is 1. The van der Waals surface area contributed by atoms with E-state index >= 15 is 0 Å². The number of rotatable bonds is 15. The van der Waals surface area contributed by atoms with Crippen LogP contribution in [-0.4, -0.2) is 42.2 Å². The summed E-state index contributed by atoms with van der Waals surface area (Å²) in [5, 5.41) is 14.8. The van der Waals surface area contributed by atoms with Gasteiger partial charge in [0.25, 0.3) is 0 Å². The minimum atomic E-state index is -0.0752. The first-order valence-corrected chi connectivity index (χ1v) is 16.5. The fourth-order valence-corrected chi connectivity index (χ4v) is 4.56. The predicted molar refractivity (Wildman–Crippen MR) is 196 cm³/mol. The third-order valence-electron chi connectivity index (χ3n) is 6.93. The number of carbonyl (C=O) groups is 2. The summed E-state index contributed by atoms with van der Waals surface area (Å²) in [6, 6.07) is 38.5.